The number of ether oxygens (including phenoxy) is 1. The van der Waals surface area contributed by atoms with Gasteiger partial charge in [0, 0.05) is 10.7 Å². The lowest BCUT2D eigenvalue weighted by Crippen LogP contribution is -2.17. The number of nitrogens with zero attached hydrogens (tertiary/aromatic N) is 3. The molecule has 0 aliphatic rings. The van der Waals surface area contributed by atoms with E-state index in [1.54, 1.807) is 0 Å². The Morgan fingerprint density at radius 2 is 1.68 bits per heavy atom. The molecule has 0 N–H and O–H groups in total. The Bertz CT molecular complexity index is 934. The van der Waals surface area contributed by atoms with Crippen LogP contribution >= 0.6 is 15.9 Å². The molecule has 3 aromatic rings. The van der Waals surface area contributed by atoms with E-state index in [0.29, 0.717) is 11.1 Å². The molecule has 0 fully saturated rings. The molecular weight excluding hydrogens is 420 g/mol. The van der Waals surface area contributed by atoms with Crippen molar-refractivity contribution >= 4 is 21.6 Å². The van der Waals surface area contributed by atoms with Gasteiger partial charge < -0.3 is 4.74 Å². The van der Waals surface area contributed by atoms with Crippen LogP contribution in [-0.4, -0.2) is 21.0 Å². The van der Waals surface area contributed by atoms with E-state index in [4.69, 9.17) is 0 Å². The first-order chi connectivity index (χ1) is 11.5. The molecular formula is C14H6BrF6N3O. The highest BCUT2D eigenvalue weighted by molar-refractivity contribution is 9.10. The van der Waals surface area contributed by atoms with Gasteiger partial charge in [-0.05, 0) is 41.5 Å². The largest absolute Gasteiger partial charge is 0.573 e. The number of hydrogen-bond donors (Lipinski definition) is 0. The van der Waals surface area contributed by atoms with E-state index in [9.17, 15) is 26.3 Å². The van der Waals surface area contributed by atoms with Crippen molar-refractivity contribution in [1.29, 1.82) is 0 Å². The van der Waals surface area contributed by atoms with Crippen molar-refractivity contribution in [2.45, 2.75) is 12.5 Å². The summed E-state index contributed by atoms with van der Waals surface area (Å²) in [5, 5.41) is 6.54. The summed E-state index contributed by atoms with van der Waals surface area (Å²) >= 11 is 3.09. The van der Waals surface area contributed by atoms with Gasteiger partial charge in [0.2, 0.25) is 5.82 Å². The molecule has 4 nitrogen and oxygen atoms in total. The molecule has 2 aromatic heterocycles. The lowest BCUT2D eigenvalue weighted by molar-refractivity contribution is -0.274. The second-order valence-electron chi connectivity index (χ2n) is 4.86. The van der Waals surface area contributed by atoms with Crippen LogP contribution < -0.4 is 4.74 Å². The molecule has 0 unspecified atom stereocenters. The smallest absolute Gasteiger partial charge is 0.406 e. The highest BCUT2D eigenvalue weighted by Gasteiger charge is 2.37. The minimum Gasteiger partial charge on any atom is -0.406 e. The summed E-state index contributed by atoms with van der Waals surface area (Å²) in [6.45, 7) is 0. The molecule has 0 aliphatic heterocycles. The van der Waals surface area contributed by atoms with Crippen LogP contribution in [0.1, 0.15) is 5.82 Å². The topological polar surface area (TPSA) is 39.4 Å². The van der Waals surface area contributed by atoms with Crippen LogP contribution in [0.3, 0.4) is 0 Å². The van der Waals surface area contributed by atoms with Crippen LogP contribution in [0.25, 0.3) is 16.8 Å². The molecule has 0 saturated heterocycles. The fourth-order valence-electron chi connectivity index (χ4n) is 2.17. The highest BCUT2D eigenvalue weighted by atomic mass is 79.9. The molecule has 0 bridgehead atoms. The van der Waals surface area contributed by atoms with Crippen molar-refractivity contribution in [2.24, 2.45) is 0 Å². The van der Waals surface area contributed by atoms with Gasteiger partial charge in [-0.1, -0.05) is 15.9 Å². The Labute approximate surface area is 144 Å². The molecule has 1 aromatic carbocycles. The predicted molar refractivity (Wildman–Crippen MR) is 77.8 cm³/mol. The van der Waals surface area contributed by atoms with Crippen LogP contribution in [0.15, 0.2) is 41.0 Å². The number of benzene rings is 1. The minimum absolute atomic E-state index is 0.00998. The Hall–Kier alpha value is -2.30. The monoisotopic (exact) mass is 425 g/mol. The zero-order valence-corrected chi connectivity index (χ0v) is 13.4. The van der Waals surface area contributed by atoms with E-state index in [-0.39, 0.29) is 10.1 Å². The average Bonchev–Trinajstić information content (AvgIpc) is 2.88. The van der Waals surface area contributed by atoms with E-state index in [0.717, 1.165) is 22.7 Å². The second kappa shape index (κ2) is 5.90. The number of aromatic nitrogens is 3. The summed E-state index contributed by atoms with van der Waals surface area (Å²) in [5.74, 6) is -1.65. The van der Waals surface area contributed by atoms with Crippen LogP contribution in [-0.2, 0) is 6.18 Å². The van der Waals surface area contributed by atoms with Gasteiger partial charge in [-0.3, -0.25) is 4.40 Å². The molecule has 0 aliphatic carbocycles. The fourth-order valence-corrected chi connectivity index (χ4v) is 2.76. The van der Waals surface area contributed by atoms with Gasteiger partial charge in [0.1, 0.15) is 5.75 Å². The number of rotatable bonds is 2. The zero-order valence-electron chi connectivity index (χ0n) is 11.9. The first kappa shape index (κ1) is 17.5. The fraction of sp³-hybridized carbons (Fsp3) is 0.143. The molecule has 3 rings (SSSR count). The van der Waals surface area contributed by atoms with Crippen LogP contribution in [0.4, 0.5) is 26.3 Å². The van der Waals surface area contributed by atoms with Gasteiger partial charge in [0.25, 0.3) is 0 Å². The summed E-state index contributed by atoms with van der Waals surface area (Å²) in [7, 11) is 0. The highest BCUT2D eigenvalue weighted by Crippen LogP contribution is 2.34. The van der Waals surface area contributed by atoms with Gasteiger partial charge in [-0.15, -0.1) is 23.4 Å². The third kappa shape index (κ3) is 3.70. The van der Waals surface area contributed by atoms with Crippen molar-refractivity contribution < 1.29 is 31.1 Å². The Morgan fingerprint density at radius 1 is 0.960 bits per heavy atom. The summed E-state index contributed by atoms with van der Waals surface area (Å²) in [4.78, 5) is 0. The maximum absolute atomic E-state index is 12.9. The van der Waals surface area contributed by atoms with Crippen molar-refractivity contribution in [3.05, 3.63) is 46.8 Å². The first-order valence-electron chi connectivity index (χ1n) is 6.52. The Morgan fingerprint density at radius 3 is 2.28 bits per heavy atom. The standard InChI is InChI=1S/C14H6BrF6N3O/c15-10-5-8(25-14(19,20)21)2-3-9(10)7-1-4-11-22-23-12(13(16,17)18)24(11)6-7/h1-6H. The molecule has 0 amide bonds. The number of halogens is 7. The Kier molecular flexibility index (Phi) is 4.13. The van der Waals surface area contributed by atoms with Crippen LogP contribution in [0.5, 0.6) is 5.75 Å². The second-order valence-corrected chi connectivity index (χ2v) is 5.71. The normalized spacial score (nSPS) is 12.6. The molecule has 25 heavy (non-hydrogen) atoms. The van der Waals surface area contributed by atoms with Gasteiger partial charge in [0.15, 0.2) is 5.65 Å². The van der Waals surface area contributed by atoms with Crippen molar-refractivity contribution in [3.8, 4) is 16.9 Å². The van der Waals surface area contributed by atoms with E-state index in [1.807, 2.05) is 0 Å². The first-order valence-corrected chi connectivity index (χ1v) is 7.31. The molecule has 0 radical (unpaired) electrons. The van der Waals surface area contributed by atoms with E-state index in [1.165, 1.54) is 18.2 Å². The number of alkyl halides is 6. The molecule has 0 atom stereocenters. The average molecular weight is 426 g/mol. The quantitative estimate of drug-likeness (QED) is 0.537. The third-order valence-electron chi connectivity index (χ3n) is 3.14. The van der Waals surface area contributed by atoms with Gasteiger partial charge in [-0.2, -0.15) is 13.2 Å². The van der Waals surface area contributed by atoms with Gasteiger partial charge >= 0.3 is 12.5 Å². The zero-order chi connectivity index (χ0) is 18.4. The lowest BCUT2D eigenvalue weighted by Gasteiger charge is -2.11. The van der Waals surface area contributed by atoms with Crippen molar-refractivity contribution in [2.75, 3.05) is 0 Å². The van der Waals surface area contributed by atoms with E-state index < -0.39 is 24.1 Å². The maximum Gasteiger partial charge on any atom is 0.573 e. The summed E-state index contributed by atoms with van der Waals surface area (Å²) in [6.07, 6.45) is -8.38. The summed E-state index contributed by atoms with van der Waals surface area (Å²) in [6, 6.07) is 6.24. The van der Waals surface area contributed by atoms with Crippen molar-refractivity contribution in [1.82, 2.24) is 14.6 Å². The third-order valence-corrected chi connectivity index (χ3v) is 3.80. The Balaban J connectivity index is 2.04. The van der Waals surface area contributed by atoms with Crippen molar-refractivity contribution in [3.63, 3.8) is 0 Å². The van der Waals surface area contributed by atoms with Crippen LogP contribution in [0.2, 0.25) is 0 Å². The van der Waals surface area contributed by atoms with E-state index >= 15 is 0 Å². The molecule has 132 valence electrons. The number of hydrogen-bond acceptors (Lipinski definition) is 3. The molecule has 0 spiro atoms. The number of fused-ring (bicyclic) bond motifs is 1. The lowest BCUT2D eigenvalue weighted by atomic mass is 10.1. The SMILES string of the molecule is FC(F)(F)Oc1ccc(-c2ccc3nnc(C(F)(F)F)n3c2)c(Br)c1. The van der Waals surface area contributed by atoms with Gasteiger partial charge in [0.05, 0.1) is 0 Å². The maximum atomic E-state index is 12.9. The molecule has 0 saturated carbocycles. The molecule has 2 heterocycles. The molecule has 11 heteroatoms. The van der Waals surface area contributed by atoms with Crippen LogP contribution in [0, 0.1) is 0 Å². The summed E-state index contributed by atoms with van der Waals surface area (Å²) in [5.41, 5.74) is 0.686. The number of pyridine rings is 1. The minimum atomic E-state index is -4.84. The van der Waals surface area contributed by atoms with Gasteiger partial charge in [-0.25, -0.2) is 0 Å². The van der Waals surface area contributed by atoms with E-state index in [2.05, 4.69) is 30.9 Å². The summed E-state index contributed by atoms with van der Waals surface area (Å²) < 4.78 is 80.2. The predicted octanol–water partition coefficient (Wildman–Crippen LogP) is 5.08.